The van der Waals surface area contributed by atoms with Gasteiger partial charge in [0.2, 0.25) is 0 Å². The van der Waals surface area contributed by atoms with Crippen molar-refractivity contribution in [1.82, 2.24) is 14.5 Å². The van der Waals surface area contributed by atoms with E-state index in [0.29, 0.717) is 0 Å². The van der Waals surface area contributed by atoms with Crippen LogP contribution in [-0.2, 0) is 0 Å². The third-order valence-corrected chi connectivity index (χ3v) is 2.44. The van der Waals surface area contributed by atoms with E-state index < -0.39 is 0 Å². The Bertz CT molecular complexity index is 522. The monoisotopic (exact) mass is 219 g/mol. The lowest BCUT2D eigenvalue weighted by molar-refractivity contribution is -0.268. The molecule has 2 rings (SSSR count). The van der Waals surface area contributed by atoms with E-state index in [9.17, 15) is 5.11 Å². The smallest absolute Gasteiger partial charge is 0.130 e. The largest absolute Gasteiger partial charge is 0.870 e. The highest BCUT2D eigenvalue weighted by Gasteiger charge is 2.06. The Labute approximate surface area is 92.2 Å². The molecule has 0 spiro atoms. The Balaban J connectivity index is 2.52. The predicted octanol–water partition coefficient (Wildman–Crippen LogP) is 0.759. The quantitative estimate of drug-likeness (QED) is 0.728. The van der Waals surface area contributed by atoms with Crippen LogP contribution in [-0.4, -0.2) is 19.7 Å². The number of pyridine rings is 1. The number of hydrogen-bond acceptors (Lipinski definition) is 5. The molecule has 0 bridgehead atoms. The van der Waals surface area contributed by atoms with Crippen molar-refractivity contribution in [2.45, 2.75) is 13.8 Å². The van der Waals surface area contributed by atoms with Gasteiger partial charge in [0.05, 0.1) is 17.6 Å². The van der Waals surface area contributed by atoms with E-state index in [0.717, 1.165) is 11.4 Å². The van der Waals surface area contributed by atoms with Crippen molar-refractivity contribution < 1.29 is 10.3 Å². The third-order valence-electron chi connectivity index (χ3n) is 2.44. The number of aryl methyl sites for hydroxylation is 1. The molecule has 0 aliphatic rings. The highest BCUT2D eigenvalue weighted by atomic mass is 16.5. The average Bonchev–Trinajstić information content (AvgIpc) is 2.60. The molecule has 2 N–H and O–H groups in total. The van der Waals surface area contributed by atoms with Crippen LogP contribution >= 0.6 is 0 Å². The van der Waals surface area contributed by atoms with Gasteiger partial charge in [-0.05, 0) is 19.9 Å². The highest BCUT2D eigenvalue weighted by Crippen LogP contribution is 2.21. The molecule has 0 aromatic carbocycles. The van der Waals surface area contributed by atoms with E-state index in [-0.39, 0.29) is 17.3 Å². The van der Waals surface area contributed by atoms with Gasteiger partial charge in [0.15, 0.2) is 0 Å². The summed E-state index contributed by atoms with van der Waals surface area (Å²) in [5, 5.41) is 20.3. The zero-order valence-electron chi connectivity index (χ0n) is 8.93. The maximum Gasteiger partial charge on any atom is 0.130 e. The second-order valence-corrected chi connectivity index (χ2v) is 3.44. The van der Waals surface area contributed by atoms with Crippen molar-refractivity contribution in [3.05, 3.63) is 30.0 Å². The fourth-order valence-corrected chi connectivity index (χ4v) is 1.39. The zero-order chi connectivity index (χ0) is 11.7. The molecular weight excluding hydrogens is 208 g/mol. The molecular formula is C10H11N4O2-. The Morgan fingerprint density at radius 2 is 2.12 bits per heavy atom. The maximum absolute atomic E-state index is 11.7. The number of rotatable bonds is 2. The van der Waals surface area contributed by atoms with Gasteiger partial charge in [-0.1, -0.05) is 5.75 Å². The Kier molecular flexibility index (Phi) is 2.49. The Morgan fingerprint density at radius 1 is 1.38 bits per heavy atom. The summed E-state index contributed by atoms with van der Waals surface area (Å²) in [6.07, 6.45) is 2.94. The second kappa shape index (κ2) is 3.82. The summed E-state index contributed by atoms with van der Waals surface area (Å²) < 4.78 is 1.62. The molecule has 0 radical (unpaired) electrons. The van der Waals surface area contributed by atoms with Crippen molar-refractivity contribution in [3.8, 4) is 11.6 Å². The summed E-state index contributed by atoms with van der Waals surface area (Å²) in [5.74, 6) is -0.00310. The SMILES string of the molecule is Cc1ncn(-c2ncc(NO)cc2[O-])c1C. The molecule has 0 unspecified atom stereocenters. The summed E-state index contributed by atoms with van der Waals surface area (Å²) in [6.45, 7) is 3.72. The van der Waals surface area contributed by atoms with Gasteiger partial charge in [-0.25, -0.2) is 9.97 Å². The standard InChI is InChI=1S/C10H12N4O2/c1-6-7(2)14(5-12-6)10-9(15)3-8(13-16)4-11-10/h3-5,13,15-16H,1-2H3/p-1. The fraction of sp³-hybridized carbons (Fsp3) is 0.200. The van der Waals surface area contributed by atoms with Crippen LogP contribution in [0.25, 0.3) is 5.82 Å². The highest BCUT2D eigenvalue weighted by molar-refractivity contribution is 5.50. The predicted molar refractivity (Wildman–Crippen MR) is 55.7 cm³/mol. The summed E-state index contributed by atoms with van der Waals surface area (Å²) in [7, 11) is 0. The second-order valence-electron chi connectivity index (χ2n) is 3.44. The molecule has 0 fully saturated rings. The van der Waals surface area contributed by atoms with Crippen LogP contribution in [0.15, 0.2) is 18.6 Å². The molecule has 0 atom stereocenters. The van der Waals surface area contributed by atoms with E-state index in [2.05, 4.69) is 9.97 Å². The number of imidazole rings is 1. The van der Waals surface area contributed by atoms with Crippen LogP contribution in [0.4, 0.5) is 5.69 Å². The van der Waals surface area contributed by atoms with Crippen LogP contribution in [0.1, 0.15) is 11.4 Å². The molecule has 84 valence electrons. The van der Waals surface area contributed by atoms with Gasteiger partial charge in [-0.15, -0.1) is 0 Å². The van der Waals surface area contributed by atoms with E-state index >= 15 is 0 Å². The van der Waals surface area contributed by atoms with Crippen LogP contribution < -0.4 is 10.6 Å². The number of nitrogens with zero attached hydrogens (tertiary/aromatic N) is 3. The normalized spacial score (nSPS) is 10.4. The average molecular weight is 219 g/mol. The van der Waals surface area contributed by atoms with Gasteiger partial charge < -0.3 is 5.11 Å². The Hall–Kier alpha value is -2.08. The molecule has 0 aliphatic carbocycles. The first-order valence-electron chi connectivity index (χ1n) is 4.71. The van der Waals surface area contributed by atoms with Crippen molar-refractivity contribution in [3.63, 3.8) is 0 Å². The summed E-state index contributed by atoms with van der Waals surface area (Å²) in [5.41, 5.74) is 3.87. The van der Waals surface area contributed by atoms with Crippen molar-refractivity contribution in [2.75, 3.05) is 5.48 Å². The molecule has 0 amide bonds. The van der Waals surface area contributed by atoms with Gasteiger partial charge in [0.1, 0.15) is 12.1 Å². The molecule has 2 aromatic rings. The van der Waals surface area contributed by atoms with E-state index in [1.807, 2.05) is 19.3 Å². The van der Waals surface area contributed by atoms with Crippen molar-refractivity contribution in [2.24, 2.45) is 0 Å². The molecule has 16 heavy (non-hydrogen) atoms. The lowest BCUT2D eigenvalue weighted by atomic mass is 10.3. The number of hydrogen-bond donors (Lipinski definition) is 2. The fourth-order valence-electron chi connectivity index (χ4n) is 1.39. The van der Waals surface area contributed by atoms with E-state index in [4.69, 9.17) is 5.21 Å². The van der Waals surface area contributed by atoms with Gasteiger partial charge in [-0.2, -0.15) is 0 Å². The van der Waals surface area contributed by atoms with Gasteiger partial charge >= 0.3 is 0 Å². The number of aromatic nitrogens is 3. The van der Waals surface area contributed by atoms with Gasteiger partial charge in [-0.3, -0.25) is 15.3 Å². The molecule has 2 heterocycles. The first-order chi connectivity index (χ1) is 7.63. The molecule has 6 nitrogen and oxygen atoms in total. The minimum atomic E-state index is -0.278. The van der Waals surface area contributed by atoms with Crippen LogP contribution in [0.5, 0.6) is 5.75 Å². The number of anilines is 1. The van der Waals surface area contributed by atoms with Gasteiger partial charge in [0.25, 0.3) is 0 Å². The molecule has 0 saturated heterocycles. The third kappa shape index (κ3) is 1.59. The Morgan fingerprint density at radius 3 is 2.62 bits per heavy atom. The zero-order valence-corrected chi connectivity index (χ0v) is 8.93. The first kappa shape index (κ1) is 10.4. The van der Waals surface area contributed by atoms with Crippen LogP contribution in [0, 0.1) is 13.8 Å². The van der Waals surface area contributed by atoms with Crippen molar-refractivity contribution in [1.29, 1.82) is 0 Å². The molecule has 6 heteroatoms. The first-order valence-corrected chi connectivity index (χ1v) is 4.71. The molecule has 0 saturated carbocycles. The number of nitrogens with one attached hydrogen (secondary N) is 1. The van der Waals surface area contributed by atoms with Crippen LogP contribution in [0.2, 0.25) is 0 Å². The minimum absolute atomic E-state index is 0.267. The molecule has 2 aromatic heterocycles. The molecule has 0 aliphatic heterocycles. The minimum Gasteiger partial charge on any atom is -0.870 e. The van der Waals surface area contributed by atoms with E-state index in [1.54, 1.807) is 10.9 Å². The van der Waals surface area contributed by atoms with Crippen molar-refractivity contribution >= 4 is 5.69 Å². The van der Waals surface area contributed by atoms with E-state index in [1.165, 1.54) is 12.3 Å². The maximum atomic E-state index is 11.7. The lowest BCUT2D eigenvalue weighted by Gasteiger charge is -2.15. The van der Waals surface area contributed by atoms with Gasteiger partial charge in [0, 0.05) is 5.69 Å². The summed E-state index contributed by atoms with van der Waals surface area (Å²) in [4.78, 5) is 8.08. The summed E-state index contributed by atoms with van der Waals surface area (Å²) >= 11 is 0. The topological polar surface area (TPSA) is 86.0 Å². The van der Waals surface area contributed by atoms with Crippen LogP contribution in [0.3, 0.4) is 0 Å². The lowest BCUT2D eigenvalue weighted by Crippen LogP contribution is -2.05. The summed E-state index contributed by atoms with van der Waals surface area (Å²) in [6, 6.07) is 1.27.